The lowest BCUT2D eigenvalue weighted by molar-refractivity contribution is 0.0733. The first-order valence-electron chi connectivity index (χ1n) is 8.80. The van der Waals surface area contributed by atoms with Crippen molar-refractivity contribution in [2.24, 2.45) is 0 Å². The van der Waals surface area contributed by atoms with Gasteiger partial charge in [0.1, 0.15) is 11.5 Å². The minimum Gasteiger partial charge on any atom is -0.423 e. The van der Waals surface area contributed by atoms with Crippen molar-refractivity contribution in [2.45, 2.75) is 0 Å². The third kappa shape index (κ3) is 5.34. The zero-order valence-electron chi connectivity index (χ0n) is 15.5. The molecule has 4 N–H and O–H groups in total. The molecule has 8 nitrogen and oxygen atoms in total. The average Bonchev–Trinajstić information content (AvgIpc) is 2.74. The molecule has 3 rings (SSSR count). The Morgan fingerprint density at radius 2 is 1.00 bits per heavy atom. The zero-order valence-corrected chi connectivity index (χ0v) is 15.5. The standard InChI is InChI=1S/C20H16B2O8/c23-19(13-4-1-6-15(10-13)21(25)26)29-17-8-3-9-18(12-17)30-20(24)14-5-2-7-16(11-14)22(27)28/h1-12,25-28H. The summed E-state index contributed by atoms with van der Waals surface area (Å²) in [7, 11) is -3.43. The summed E-state index contributed by atoms with van der Waals surface area (Å²) in [5.74, 6) is -1.24. The molecule has 0 fully saturated rings. The molecule has 0 aliphatic carbocycles. The normalized spacial score (nSPS) is 10.3. The number of benzene rings is 3. The quantitative estimate of drug-likeness (QED) is 0.244. The number of hydrogen-bond acceptors (Lipinski definition) is 8. The first-order valence-corrected chi connectivity index (χ1v) is 8.80. The van der Waals surface area contributed by atoms with E-state index < -0.39 is 26.2 Å². The lowest BCUT2D eigenvalue weighted by atomic mass is 9.80. The second-order valence-electron chi connectivity index (χ2n) is 6.25. The minimum absolute atomic E-state index is 0.111. The second kappa shape index (κ2) is 9.38. The molecule has 0 aromatic heterocycles. The van der Waals surface area contributed by atoms with Gasteiger partial charge in [0.05, 0.1) is 11.1 Å². The molecular weight excluding hydrogens is 390 g/mol. The summed E-state index contributed by atoms with van der Waals surface area (Å²) in [4.78, 5) is 24.6. The highest BCUT2D eigenvalue weighted by Crippen LogP contribution is 2.21. The molecule has 30 heavy (non-hydrogen) atoms. The van der Waals surface area contributed by atoms with E-state index in [1.165, 1.54) is 72.8 Å². The predicted molar refractivity (Wildman–Crippen MR) is 109 cm³/mol. The Bertz CT molecular complexity index is 987. The highest BCUT2D eigenvalue weighted by molar-refractivity contribution is 6.59. The summed E-state index contributed by atoms with van der Waals surface area (Å²) in [5, 5.41) is 36.8. The van der Waals surface area contributed by atoms with Crippen molar-refractivity contribution in [1.29, 1.82) is 0 Å². The Morgan fingerprint density at radius 3 is 1.40 bits per heavy atom. The Hall–Kier alpha value is -3.43. The van der Waals surface area contributed by atoms with Gasteiger partial charge in [-0.25, -0.2) is 9.59 Å². The van der Waals surface area contributed by atoms with Crippen LogP contribution >= 0.6 is 0 Å². The van der Waals surface area contributed by atoms with Crippen molar-refractivity contribution in [3.8, 4) is 11.5 Å². The van der Waals surface area contributed by atoms with Gasteiger partial charge in [0.15, 0.2) is 0 Å². The molecule has 0 spiro atoms. The Kier molecular flexibility index (Phi) is 6.65. The second-order valence-corrected chi connectivity index (χ2v) is 6.25. The predicted octanol–water partition coefficient (Wildman–Crippen LogP) is -0.515. The molecule has 10 heteroatoms. The Labute approximate surface area is 172 Å². The van der Waals surface area contributed by atoms with E-state index >= 15 is 0 Å². The van der Waals surface area contributed by atoms with Gasteiger partial charge in [-0.1, -0.05) is 30.3 Å². The summed E-state index contributed by atoms with van der Waals surface area (Å²) in [6.45, 7) is 0. The lowest BCUT2D eigenvalue weighted by Gasteiger charge is -2.09. The van der Waals surface area contributed by atoms with E-state index in [9.17, 15) is 29.7 Å². The van der Waals surface area contributed by atoms with Crippen LogP contribution in [0.15, 0.2) is 72.8 Å². The van der Waals surface area contributed by atoms with Gasteiger partial charge >= 0.3 is 26.2 Å². The molecule has 0 bridgehead atoms. The van der Waals surface area contributed by atoms with Crippen LogP contribution in [0.5, 0.6) is 11.5 Å². The minimum atomic E-state index is -1.72. The first kappa shape index (κ1) is 21.3. The van der Waals surface area contributed by atoms with Crippen LogP contribution in [0.4, 0.5) is 0 Å². The van der Waals surface area contributed by atoms with Crippen molar-refractivity contribution in [3.05, 3.63) is 83.9 Å². The van der Waals surface area contributed by atoms with Crippen LogP contribution in [0.3, 0.4) is 0 Å². The summed E-state index contributed by atoms with van der Waals surface area (Å²) in [6, 6.07) is 17.2. The summed E-state index contributed by atoms with van der Waals surface area (Å²) in [6.07, 6.45) is 0. The van der Waals surface area contributed by atoms with Gasteiger partial charge in [-0.3, -0.25) is 0 Å². The third-order valence-corrected chi connectivity index (χ3v) is 4.07. The van der Waals surface area contributed by atoms with E-state index in [1.54, 1.807) is 0 Å². The van der Waals surface area contributed by atoms with E-state index in [0.717, 1.165) is 0 Å². The Morgan fingerprint density at radius 1 is 0.600 bits per heavy atom. The van der Waals surface area contributed by atoms with Crippen LogP contribution in [0.1, 0.15) is 20.7 Å². The van der Waals surface area contributed by atoms with Crippen molar-refractivity contribution in [2.75, 3.05) is 0 Å². The van der Waals surface area contributed by atoms with Gasteiger partial charge in [0, 0.05) is 6.07 Å². The van der Waals surface area contributed by atoms with Gasteiger partial charge in [-0.05, 0) is 47.3 Å². The number of esters is 2. The van der Waals surface area contributed by atoms with Crippen LogP contribution in [0.25, 0.3) is 0 Å². The number of hydrogen-bond donors (Lipinski definition) is 4. The zero-order chi connectivity index (χ0) is 21.7. The molecular formula is C20H16B2O8. The van der Waals surface area contributed by atoms with E-state index in [-0.39, 0.29) is 33.6 Å². The van der Waals surface area contributed by atoms with Crippen molar-refractivity contribution in [3.63, 3.8) is 0 Å². The van der Waals surface area contributed by atoms with Crippen LogP contribution in [-0.4, -0.2) is 46.3 Å². The molecule has 3 aromatic carbocycles. The first-order chi connectivity index (χ1) is 14.3. The van der Waals surface area contributed by atoms with Crippen LogP contribution in [-0.2, 0) is 0 Å². The maximum absolute atomic E-state index is 12.3. The monoisotopic (exact) mass is 406 g/mol. The molecule has 0 aliphatic rings. The maximum atomic E-state index is 12.3. The molecule has 0 amide bonds. The van der Waals surface area contributed by atoms with Gasteiger partial charge in [0.25, 0.3) is 0 Å². The molecule has 3 aromatic rings. The third-order valence-electron chi connectivity index (χ3n) is 4.07. The highest BCUT2D eigenvalue weighted by Gasteiger charge is 2.17. The topological polar surface area (TPSA) is 134 Å². The highest BCUT2D eigenvalue weighted by atomic mass is 16.5. The number of ether oxygens (including phenoxy) is 2. The van der Waals surface area contributed by atoms with Crippen LogP contribution < -0.4 is 20.4 Å². The van der Waals surface area contributed by atoms with Crippen molar-refractivity contribution < 1.29 is 39.2 Å². The number of carbonyl (C=O) groups excluding carboxylic acids is 2. The van der Waals surface area contributed by atoms with Gasteiger partial charge in [0.2, 0.25) is 0 Å². The molecule has 0 saturated heterocycles. The van der Waals surface area contributed by atoms with E-state index in [1.807, 2.05) is 0 Å². The average molecular weight is 406 g/mol. The fourth-order valence-corrected chi connectivity index (χ4v) is 2.59. The molecule has 0 radical (unpaired) electrons. The number of rotatable bonds is 6. The lowest BCUT2D eigenvalue weighted by Crippen LogP contribution is -2.30. The SMILES string of the molecule is O=C(Oc1cccc(OC(=O)c2cccc(B(O)O)c2)c1)c1cccc(B(O)O)c1. The van der Waals surface area contributed by atoms with Crippen LogP contribution in [0.2, 0.25) is 0 Å². The molecule has 0 saturated carbocycles. The molecule has 150 valence electrons. The summed E-state index contributed by atoms with van der Waals surface area (Å²) >= 11 is 0. The Balaban J connectivity index is 1.72. The van der Waals surface area contributed by atoms with E-state index in [2.05, 4.69) is 0 Å². The van der Waals surface area contributed by atoms with Crippen molar-refractivity contribution >= 4 is 37.1 Å². The fourth-order valence-electron chi connectivity index (χ4n) is 2.59. The molecule has 0 aliphatic heterocycles. The van der Waals surface area contributed by atoms with Gasteiger partial charge in [-0.2, -0.15) is 0 Å². The van der Waals surface area contributed by atoms with E-state index in [0.29, 0.717) is 0 Å². The van der Waals surface area contributed by atoms with Crippen molar-refractivity contribution in [1.82, 2.24) is 0 Å². The molecule has 0 unspecified atom stereocenters. The van der Waals surface area contributed by atoms with E-state index in [4.69, 9.17) is 9.47 Å². The maximum Gasteiger partial charge on any atom is 0.488 e. The molecule has 0 atom stereocenters. The summed E-state index contributed by atoms with van der Waals surface area (Å²) in [5.41, 5.74) is 0.509. The largest absolute Gasteiger partial charge is 0.488 e. The van der Waals surface area contributed by atoms with Gasteiger partial charge < -0.3 is 29.6 Å². The summed E-state index contributed by atoms with van der Waals surface area (Å²) < 4.78 is 10.5. The number of carbonyl (C=O) groups is 2. The van der Waals surface area contributed by atoms with Crippen LogP contribution in [0, 0.1) is 0 Å². The van der Waals surface area contributed by atoms with Gasteiger partial charge in [-0.15, -0.1) is 0 Å². The fraction of sp³-hybridized carbons (Fsp3) is 0. The molecule has 0 heterocycles. The smallest absolute Gasteiger partial charge is 0.423 e.